The summed E-state index contributed by atoms with van der Waals surface area (Å²) in [4.78, 5) is 2.53. The molecule has 94 valence electrons. The summed E-state index contributed by atoms with van der Waals surface area (Å²) < 4.78 is 0. The molecular formula is C15H25NSi. The maximum Gasteiger partial charge on any atom is 0.0775 e. The van der Waals surface area contributed by atoms with E-state index in [0.29, 0.717) is 5.41 Å². The van der Waals surface area contributed by atoms with Crippen molar-refractivity contribution in [3.8, 4) is 0 Å². The number of likely N-dealkylation sites (tertiary alicyclic amines) is 1. The Kier molecular flexibility index (Phi) is 3.21. The van der Waals surface area contributed by atoms with Crippen LogP contribution in [0, 0.1) is 5.41 Å². The molecule has 2 heteroatoms. The van der Waals surface area contributed by atoms with Crippen LogP contribution in [-0.4, -0.2) is 26.1 Å². The molecule has 1 heterocycles. The molecular weight excluding hydrogens is 222 g/mol. The van der Waals surface area contributed by atoms with E-state index in [-0.39, 0.29) is 0 Å². The summed E-state index contributed by atoms with van der Waals surface area (Å²) in [6.07, 6.45) is 0. The molecule has 0 atom stereocenters. The van der Waals surface area contributed by atoms with Crippen molar-refractivity contribution in [3.05, 3.63) is 29.8 Å². The minimum atomic E-state index is -1.13. The van der Waals surface area contributed by atoms with Crippen molar-refractivity contribution < 1.29 is 0 Å². The summed E-state index contributed by atoms with van der Waals surface area (Å²) in [6, 6.07) is 9.32. The molecule has 0 spiro atoms. The van der Waals surface area contributed by atoms with Gasteiger partial charge in [0, 0.05) is 19.6 Å². The molecule has 0 aromatic heterocycles. The second-order valence-electron chi connectivity index (χ2n) is 7.26. The molecule has 1 aromatic rings. The predicted octanol–water partition coefficient (Wildman–Crippen LogP) is 3.07. The van der Waals surface area contributed by atoms with Crippen LogP contribution in [0.2, 0.25) is 19.6 Å². The minimum Gasteiger partial charge on any atom is -0.298 e. The van der Waals surface area contributed by atoms with Crippen molar-refractivity contribution in [2.75, 3.05) is 13.1 Å². The van der Waals surface area contributed by atoms with E-state index in [0.717, 1.165) is 6.54 Å². The summed E-state index contributed by atoms with van der Waals surface area (Å²) in [5.41, 5.74) is 2.00. The normalized spacial score (nSPS) is 20.1. The lowest BCUT2D eigenvalue weighted by molar-refractivity contribution is 0.0242. The fourth-order valence-electron chi connectivity index (χ4n) is 2.64. The van der Waals surface area contributed by atoms with Gasteiger partial charge in [-0.15, -0.1) is 0 Å². The van der Waals surface area contributed by atoms with E-state index in [9.17, 15) is 0 Å². The molecule has 0 amide bonds. The minimum absolute atomic E-state index is 0.540. The Bertz CT molecular complexity index is 378. The number of rotatable bonds is 3. The molecule has 17 heavy (non-hydrogen) atoms. The van der Waals surface area contributed by atoms with Gasteiger partial charge in [0.25, 0.3) is 0 Å². The molecule has 2 rings (SSSR count). The Morgan fingerprint density at radius 3 is 2.00 bits per heavy atom. The van der Waals surface area contributed by atoms with Crippen LogP contribution in [0.5, 0.6) is 0 Å². The first-order chi connectivity index (χ1) is 7.76. The van der Waals surface area contributed by atoms with Crippen LogP contribution in [0.4, 0.5) is 0 Å². The lowest BCUT2D eigenvalue weighted by atomic mass is 9.84. The molecule has 0 N–H and O–H groups in total. The Morgan fingerprint density at radius 1 is 1.06 bits per heavy atom. The van der Waals surface area contributed by atoms with Crippen molar-refractivity contribution in [3.63, 3.8) is 0 Å². The molecule has 0 bridgehead atoms. The first-order valence-electron chi connectivity index (χ1n) is 6.58. The van der Waals surface area contributed by atoms with Crippen LogP contribution in [0.15, 0.2) is 24.3 Å². The summed E-state index contributed by atoms with van der Waals surface area (Å²) in [5, 5.41) is 1.56. The smallest absolute Gasteiger partial charge is 0.0775 e. The largest absolute Gasteiger partial charge is 0.298 e. The second kappa shape index (κ2) is 4.25. The van der Waals surface area contributed by atoms with E-state index in [2.05, 4.69) is 62.7 Å². The molecule has 0 unspecified atom stereocenters. The lowest BCUT2D eigenvalue weighted by Crippen LogP contribution is -2.52. The van der Waals surface area contributed by atoms with Crippen molar-refractivity contribution in [1.29, 1.82) is 0 Å². The van der Waals surface area contributed by atoms with Crippen LogP contribution < -0.4 is 5.19 Å². The van der Waals surface area contributed by atoms with Gasteiger partial charge in [0.1, 0.15) is 0 Å². The highest BCUT2D eigenvalue weighted by atomic mass is 28.3. The molecule has 1 aliphatic rings. The summed E-state index contributed by atoms with van der Waals surface area (Å²) in [5.74, 6) is 0. The highest BCUT2D eigenvalue weighted by Gasteiger charge is 2.33. The molecule has 0 saturated carbocycles. The predicted molar refractivity (Wildman–Crippen MR) is 78.5 cm³/mol. The third-order valence-electron chi connectivity index (χ3n) is 3.53. The number of nitrogens with zero attached hydrogens (tertiary/aromatic N) is 1. The van der Waals surface area contributed by atoms with Gasteiger partial charge in [-0.2, -0.15) is 0 Å². The van der Waals surface area contributed by atoms with E-state index in [1.165, 1.54) is 18.7 Å². The van der Waals surface area contributed by atoms with Gasteiger partial charge < -0.3 is 0 Å². The van der Waals surface area contributed by atoms with E-state index in [1.807, 2.05) is 0 Å². The standard InChI is InChI=1S/C15H25NSi/c1-15(2)11-16(12-15)10-13-6-8-14(9-7-13)17(3,4)5/h6-9H,10-12H2,1-5H3. The lowest BCUT2D eigenvalue weighted by Gasteiger charge is -2.46. The summed E-state index contributed by atoms with van der Waals surface area (Å²) in [6.45, 7) is 15.5. The van der Waals surface area contributed by atoms with Crippen LogP contribution >= 0.6 is 0 Å². The molecule has 1 aromatic carbocycles. The van der Waals surface area contributed by atoms with Crippen LogP contribution in [0.1, 0.15) is 19.4 Å². The highest BCUT2D eigenvalue weighted by Crippen LogP contribution is 2.29. The topological polar surface area (TPSA) is 3.24 Å². The van der Waals surface area contributed by atoms with Gasteiger partial charge in [-0.1, -0.05) is 62.9 Å². The quantitative estimate of drug-likeness (QED) is 0.742. The summed E-state index contributed by atoms with van der Waals surface area (Å²) >= 11 is 0. The van der Waals surface area contributed by atoms with Gasteiger partial charge in [-0.05, 0) is 11.0 Å². The SMILES string of the molecule is CC1(C)CN(Cc2ccc([Si](C)(C)C)cc2)C1. The van der Waals surface area contributed by atoms with Gasteiger partial charge in [0.2, 0.25) is 0 Å². The molecule has 0 radical (unpaired) electrons. The maximum atomic E-state index is 2.53. The zero-order valence-electron chi connectivity index (χ0n) is 11.9. The van der Waals surface area contributed by atoms with E-state index in [4.69, 9.17) is 0 Å². The van der Waals surface area contributed by atoms with E-state index < -0.39 is 8.07 Å². The maximum absolute atomic E-state index is 2.53. The number of hydrogen-bond acceptors (Lipinski definition) is 1. The van der Waals surface area contributed by atoms with Crippen molar-refractivity contribution >= 4 is 13.3 Å². The molecule has 1 aliphatic heterocycles. The molecule has 1 nitrogen and oxygen atoms in total. The first-order valence-corrected chi connectivity index (χ1v) is 10.1. The first kappa shape index (κ1) is 12.8. The number of benzene rings is 1. The van der Waals surface area contributed by atoms with Crippen molar-refractivity contribution in [2.24, 2.45) is 5.41 Å². The van der Waals surface area contributed by atoms with Gasteiger partial charge in [0.05, 0.1) is 8.07 Å². The Labute approximate surface area is 107 Å². The van der Waals surface area contributed by atoms with Crippen molar-refractivity contribution in [1.82, 2.24) is 4.90 Å². The third kappa shape index (κ3) is 3.20. The van der Waals surface area contributed by atoms with Crippen LogP contribution in [0.25, 0.3) is 0 Å². The Morgan fingerprint density at radius 2 is 1.59 bits per heavy atom. The molecule has 1 saturated heterocycles. The van der Waals surface area contributed by atoms with Gasteiger partial charge in [-0.25, -0.2) is 0 Å². The zero-order valence-corrected chi connectivity index (χ0v) is 12.9. The summed E-state index contributed by atoms with van der Waals surface area (Å²) in [7, 11) is -1.13. The highest BCUT2D eigenvalue weighted by molar-refractivity contribution is 6.88. The van der Waals surface area contributed by atoms with Crippen LogP contribution in [-0.2, 0) is 6.54 Å². The van der Waals surface area contributed by atoms with Gasteiger partial charge >= 0.3 is 0 Å². The van der Waals surface area contributed by atoms with Crippen LogP contribution in [0.3, 0.4) is 0 Å². The second-order valence-corrected chi connectivity index (χ2v) is 12.3. The fourth-order valence-corrected chi connectivity index (χ4v) is 3.81. The van der Waals surface area contributed by atoms with Gasteiger partial charge in [-0.3, -0.25) is 4.90 Å². The average Bonchev–Trinajstić information content (AvgIpc) is 2.14. The molecule has 1 fully saturated rings. The number of hydrogen-bond donors (Lipinski definition) is 0. The molecule has 0 aliphatic carbocycles. The van der Waals surface area contributed by atoms with E-state index in [1.54, 1.807) is 5.19 Å². The van der Waals surface area contributed by atoms with Gasteiger partial charge in [0.15, 0.2) is 0 Å². The monoisotopic (exact) mass is 247 g/mol. The Balaban J connectivity index is 1.96. The van der Waals surface area contributed by atoms with Crippen molar-refractivity contribution in [2.45, 2.75) is 40.0 Å². The average molecular weight is 247 g/mol. The third-order valence-corrected chi connectivity index (χ3v) is 5.59. The zero-order chi connectivity index (χ0) is 12.7. The van der Waals surface area contributed by atoms with E-state index >= 15 is 0 Å². The Hall–Kier alpha value is -0.603. The fraction of sp³-hybridized carbons (Fsp3) is 0.600.